The van der Waals surface area contributed by atoms with Crippen molar-refractivity contribution in [3.8, 4) is 0 Å². The first-order chi connectivity index (χ1) is 13.9. The molecule has 29 heavy (non-hydrogen) atoms. The van der Waals surface area contributed by atoms with E-state index in [9.17, 15) is 14.4 Å². The molecule has 2 N–H and O–H groups in total. The van der Waals surface area contributed by atoms with Gasteiger partial charge in [0.25, 0.3) is 0 Å². The summed E-state index contributed by atoms with van der Waals surface area (Å²) >= 11 is 12.9. The summed E-state index contributed by atoms with van der Waals surface area (Å²) in [5, 5.41) is 6.08. The maximum Gasteiger partial charge on any atom is 0.322 e. The number of carbonyl (C=O) groups excluding carboxylic acids is 3. The molecule has 3 aromatic rings. The molecule has 148 valence electrons. The Hall–Kier alpha value is -2.75. The third kappa shape index (κ3) is 4.16. The van der Waals surface area contributed by atoms with E-state index in [1.807, 2.05) is 0 Å². The Kier molecular flexibility index (Phi) is 5.35. The highest BCUT2D eigenvalue weighted by Crippen LogP contribution is 2.25. The van der Waals surface area contributed by atoms with Gasteiger partial charge in [0.2, 0.25) is 5.91 Å². The average Bonchev–Trinajstić information content (AvgIpc) is 3.28. The van der Waals surface area contributed by atoms with Gasteiger partial charge >= 0.3 is 6.03 Å². The minimum absolute atomic E-state index is 0.0686. The Bertz CT molecular complexity index is 1120. The minimum Gasteiger partial charge on any atom is -0.322 e. The van der Waals surface area contributed by atoms with Crippen LogP contribution in [0.25, 0.3) is 11.0 Å². The van der Waals surface area contributed by atoms with Gasteiger partial charge in [0.1, 0.15) is 17.1 Å². The molecule has 1 saturated heterocycles. The number of rotatable bonds is 3. The zero-order valence-electron chi connectivity index (χ0n) is 14.7. The van der Waals surface area contributed by atoms with Crippen LogP contribution in [0.2, 0.25) is 10.0 Å². The Balaban J connectivity index is 1.52. The third-order valence-electron chi connectivity index (χ3n) is 4.37. The van der Waals surface area contributed by atoms with Gasteiger partial charge in [-0.3, -0.25) is 9.59 Å². The number of hydrogen-bond acceptors (Lipinski definition) is 6. The zero-order chi connectivity index (χ0) is 20.5. The number of aromatic nitrogens is 2. The highest BCUT2D eigenvalue weighted by Gasteiger charge is 2.39. The van der Waals surface area contributed by atoms with Crippen molar-refractivity contribution in [2.75, 3.05) is 17.2 Å². The fourth-order valence-corrected chi connectivity index (χ4v) is 4.16. The van der Waals surface area contributed by atoms with E-state index in [0.717, 1.165) is 11.7 Å². The smallest absolute Gasteiger partial charge is 0.322 e. The lowest BCUT2D eigenvalue weighted by molar-refractivity contribution is -0.121. The highest BCUT2D eigenvalue weighted by atomic mass is 35.5. The first-order valence-corrected chi connectivity index (χ1v) is 9.97. The molecule has 1 aromatic heterocycles. The van der Waals surface area contributed by atoms with Gasteiger partial charge in [-0.25, -0.2) is 4.79 Å². The summed E-state index contributed by atoms with van der Waals surface area (Å²) in [5.74, 6) is -0.686. The van der Waals surface area contributed by atoms with Crippen LogP contribution in [-0.4, -0.2) is 44.0 Å². The number of nitrogens with one attached hydrogen (secondary N) is 2. The van der Waals surface area contributed by atoms with Gasteiger partial charge in [-0.2, -0.15) is 8.75 Å². The van der Waals surface area contributed by atoms with Crippen LogP contribution in [0.5, 0.6) is 0 Å². The van der Waals surface area contributed by atoms with Crippen LogP contribution < -0.4 is 10.6 Å². The summed E-state index contributed by atoms with van der Waals surface area (Å²) in [6.07, 6.45) is -0.0686. The number of benzene rings is 2. The van der Waals surface area contributed by atoms with Crippen molar-refractivity contribution in [3.63, 3.8) is 0 Å². The van der Waals surface area contributed by atoms with Gasteiger partial charge < -0.3 is 15.5 Å². The van der Waals surface area contributed by atoms with E-state index in [4.69, 9.17) is 23.2 Å². The molecular formula is C18H13Cl2N5O3S. The zero-order valence-corrected chi connectivity index (χ0v) is 17.0. The molecule has 1 fully saturated rings. The summed E-state index contributed by atoms with van der Waals surface area (Å²) in [7, 11) is 0. The van der Waals surface area contributed by atoms with Crippen LogP contribution in [0.4, 0.5) is 16.2 Å². The van der Waals surface area contributed by atoms with E-state index in [1.54, 1.807) is 18.2 Å². The molecule has 1 atom stereocenters. The number of anilines is 2. The van der Waals surface area contributed by atoms with E-state index < -0.39 is 18.0 Å². The number of Topliss-reactive ketones (excluding diaryl/α,β-unsaturated/α-hetero) is 1. The third-order valence-corrected chi connectivity index (χ3v) is 5.34. The molecule has 2 aromatic carbocycles. The number of fused-ring (bicyclic) bond motifs is 1. The molecule has 0 radical (unpaired) electrons. The number of likely N-dealkylation sites (tertiary alicyclic amines) is 1. The van der Waals surface area contributed by atoms with Crippen molar-refractivity contribution in [2.45, 2.75) is 12.5 Å². The predicted octanol–water partition coefficient (Wildman–Crippen LogP) is 3.81. The van der Waals surface area contributed by atoms with Crippen molar-refractivity contribution >= 4 is 75.1 Å². The second-order valence-corrected chi connectivity index (χ2v) is 7.80. The van der Waals surface area contributed by atoms with E-state index >= 15 is 0 Å². The normalized spacial score (nSPS) is 16.3. The Morgan fingerprint density at radius 1 is 1.10 bits per heavy atom. The van der Waals surface area contributed by atoms with Crippen molar-refractivity contribution in [1.82, 2.24) is 13.6 Å². The summed E-state index contributed by atoms with van der Waals surface area (Å²) in [5.41, 5.74) is 2.05. The number of urea groups is 1. The van der Waals surface area contributed by atoms with Crippen LogP contribution in [0.3, 0.4) is 0 Å². The maximum atomic E-state index is 12.8. The van der Waals surface area contributed by atoms with Crippen LogP contribution in [0.1, 0.15) is 6.42 Å². The van der Waals surface area contributed by atoms with E-state index in [1.165, 1.54) is 23.1 Å². The molecule has 4 rings (SSSR count). The second kappa shape index (κ2) is 7.94. The quantitative estimate of drug-likeness (QED) is 0.632. The highest BCUT2D eigenvalue weighted by molar-refractivity contribution is 7.00. The van der Waals surface area contributed by atoms with Gasteiger partial charge in [0, 0.05) is 22.2 Å². The Morgan fingerprint density at radius 3 is 2.62 bits per heavy atom. The lowest BCUT2D eigenvalue weighted by Crippen LogP contribution is -2.45. The predicted molar refractivity (Wildman–Crippen MR) is 112 cm³/mol. The van der Waals surface area contributed by atoms with Crippen molar-refractivity contribution in [2.24, 2.45) is 0 Å². The van der Waals surface area contributed by atoms with Gasteiger partial charge in [-0.1, -0.05) is 29.3 Å². The number of ketones is 1. The molecule has 0 bridgehead atoms. The Morgan fingerprint density at radius 2 is 1.86 bits per heavy atom. The largest absolute Gasteiger partial charge is 0.322 e. The van der Waals surface area contributed by atoms with Gasteiger partial charge in [0.15, 0.2) is 5.78 Å². The second-order valence-electron chi connectivity index (χ2n) is 6.40. The van der Waals surface area contributed by atoms with E-state index in [0.29, 0.717) is 32.5 Å². The van der Waals surface area contributed by atoms with Crippen LogP contribution in [0, 0.1) is 0 Å². The van der Waals surface area contributed by atoms with Crippen molar-refractivity contribution in [1.29, 1.82) is 0 Å². The first kappa shape index (κ1) is 19.6. The summed E-state index contributed by atoms with van der Waals surface area (Å²) in [6.45, 7) is -0.166. The monoisotopic (exact) mass is 449 g/mol. The van der Waals surface area contributed by atoms with Crippen LogP contribution in [-0.2, 0) is 9.59 Å². The van der Waals surface area contributed by atoms with Gasteiger partial charge in [-0.15, -0.1) is 0 Å². The topological polar surface area (TPSA) is 104 Å². The molecule has 0 saturated carbocycles. The van der Waals surface area contributed by atoms with Gasteiger partial charge in [-0.05, 0) is 30.3 Å². The summed E-state index contributed by atoms with van der Waals surface area (Å²) in [4.78, 5) is 38.7. The SMILES string of the molecule is O=C1C[C@@H](C(=O)Nc2cccc3nsnc23)N(C(=O)Nc2cc(Cl)cc(Cl)c2)C1. The first-order valence-electron chi connectivity index (χ1n) is 8.48. The number of hydrogen-bond donors (Lipinski definition) is 2. The van der Waals surface area contributed by atoms with E-state index in [-0.39, 0.29) is 18.7 Å². The standard InChI is InChI=1S/C18H13Cl2N5O3S/c19-9-4-10(20)6-11(5-9)21-18(28)25-8-12(26)7-15(25)17(27)22-13-2-1-3-14-16(13)24-29-23-14/h1-6,15H,7-8H2,(H,21,28)(H,22,27)/t15-/m0/s1. The molecule has 3 amide bonds. The number of carbonyl (C=O) groups is 3. The van der Waals surface area contributed by atoms with Crippen LogP contribution in [0.15, 0.2) is 36.4 Å². The maximum absolute atomic E-state index is 12.8. The lowest BCUT2D eigenvalue weighted by atomic mass is 10.2. The minimum atomic E-state index is -0.945. The molecule has 2 heterocycles. The van der Waals surface area contributed by atoms with E-state index in [2.05, 4.69) is 19.4 Å². The number of nitrogens with zero attached hydrogens (tertiary/aromatic N) is 3. The summed E-state index contributed by atoms with van der Waals surface area (Å²) < 4.78 is 8.30. The molecule has 0 aliphatic carbocycles. The molecular weight excluding hydrogens is 437 g/mol. The number of amides is 3. The lowest BCUT2D eigenvalue weighted by Gasteiger charge is -2.23. The fraction of sp³-hybridized carbons (Fsp3) is 0.167. The molecule has 1 aliphatic heterocycles. The van der Waals surface area contributed by atoms with Crippen LogP contribution >= 0.6 is 34.9 Å². The molecule has 11 heteroatoms. The average molecular weight is 450 g/mol. The van der Waals surface area contributed by atoms with Crippen molar-refractivity contribution in [3.05, 3.63) is 46.4 Å². The molecule has 8 nitrogen and oxygen atoms in total. The molecule has 0 spiro atoms. The Labute approximate surface area is 179 Å². The number of halogens is 2. The summed E-state index contributed by atoms with van der Waals surface area (Å²) in [6, 6.07) is 8.25. The van der Waals surface area contributed by atoms with Gasteiger partial charge in [0.05, 0.1) is 24.0 Å². The molecule has 1 aliphatic rings. The molecule has 0 unspecified atom stereocenters. The fourth-order valence-electron chi connectivity index (χ4n) is 3.08. The van der Waals surface area contributed by atoms with Crippen molar-refractivity contribution < 1.29 is 14.4 Å².